The quantitative estimate of drug-likeness (QED) is 0.908. The summed E-state index contributed by atoms with van der Waals surface area (Å²) in [5.41, 5.74) is 0.356. The van der Waals surface area contributed by atoms with E-state index < -0.39 is 11.7 Å². The van der Waals surface area contributed by atoms with Crippen molar-refractivity contribution < 1.29 is 13.2 Å². The first kappa shape index (κ1) is 18.3. The molecule has 1 aliphatic rings. The van der Waals surface area contributed by atoms with E-state index in [2.05, 4.69) is 17.1 Å². The Bertz CT molecular complexity index is 434. The van der Waals surface area contributed by atoms with Crippen LogP contribution in [0.3, 0.4) is 0 Å². The molecule has 2 rings (SSSR count). The number of nitrogens with one attached hydrogen (secondary N) is 1. The molecule has 2 nitrogen and oxygen atoms in total. The Hall–Kier alpha value is -0.780. The normalized spacial score (nSPS) is 21.7. The van der Waals surface area contributed by atoms with Crippen LogP contribution in [0.4, 0.5) is 13.2 Å². The Morgan fingerprint density at radius 2 is 1.86 bits per heavy atom. The highest BCUT2D eigenvalue weighted by Crippen LogP contribution is 2.31. The fourth-order valence-electron chi connectivity index (χ4n) is 2.76. The average molecular weight is 323 g/mol. The Morgan fingerprint density at radius 3 is 2.38 bits per heavy atom. The molecule has 1 aliphatic heterocycles. The number of likely N-dealkylation sites (tertiary alicyclic amines) is 1. The van der Waals surface area contributed by atoms with Gasteiger partial charge in [0, 0.05) is 18.6 Å². The van der Waals surface area contributed by atoms with E-state index in [9.17, 15) is 13.2 Å². The SMILES string of the molecule is CNC1CCCN(C(C)c2ccc(C(F)(F)F)cc2)C1.Cl. The second kappa shape index (κ2) is 7.47. The van der Waals surface area contributed by atoms with Crippen LogP contribution in [-0.2, 0) is 6.18 Å². The van der Waals surface area contributed by atoms with Crippen LogP contribution in [0.15, 0.2) is 24.3 Å². The van der Waals surface area contributed by atoms with Crippen LogP contribution in [0.5, 0.6) is 0 Å². The van der Waals surface area contributed by atoms with Crippen LogP contribution in [0, 0.1) is 0 Å². The Balaban J connectivity index is 0.00000220. The Morgan fingerprint density at radius 1 is 1.24 bits per heavy atom. The van der Waals surface area contributed by atoms with Crippen molar-refractivity contribution in [1.82, 2.24) is 10.2 Å². The molecule has 2 atom stereocenters. The number of piperidine rings is 1. The number of alkyl halides is 3. The lowest BCUT2D eigenvalue weighted by Crippen LogP contribution is -2.45. The zero-order valence-corrected chi connectivity index (χ0v) is 13.1. The summed E-state index contributed by atoms with van der Waals surface area (Å²) < 4.78 is 37.7. The second-order valence-corrected chi connectivity index (χ2v) is 5.42. The molecule has 0 radical (unpaired) electrons. The summed E-state index contributed by atoms with van der Waals surface area (Å²) in [6, 6.07) is 6.15. The molecular weight excluding hydrogens is 301 g/mol. The van der Waals surface area contributed by atoms with Gasteiger partial charge in [0.1, 0.15) is 0 Å². The molecule has 6 heteroatoms. The van der Waals surface area contributed by atoms with Gasteiger partial charge in [0.2, 0.25) is 0 Å². The minimum Gasteiger partial charge on any atom is -0.316 e. The van der Waals surface area contributed by atoms with Crippen molar-refractivity contribution in [3.05, 3.63) is 35.4 Å². The lowest BCUT2D eigenvalue weighted by atomic mass is 9.99. The van der Waals surface area contributed by atoms with Gasteiger partial charge in [0.15, 0.2) is 0 Å². The van der Waals surface area contributed by atoms with Crippen molar-refractivity contribution >= 4 is 12.4 Å². The van der Waals surface area contributed by atoms with Crippen molar-refractivity contribution in [3.8, 4) is 0 Å². The first-order valence-corrected chi connectivity index (χ1v) is 7.00. The molecule has 1 N–H and O–H groups in total. The van der Waals surface area contributed by atoms with Crippen LogP contribution in [0.2, 0.25) is 0 Å². The topological polar surface area (TPSA) is 15.3 Å². The fraction of sp³-hybridized carbons (Fsp3) is 0.600. The molecule has 1 fully saturated rings. The van der Waals surface area contributed by atoms with Gasteiger partial charge in [-0.15, -0.1) is 12.4 Å². The van der Waals surface area contributed by atoms with E-state index in [-0.39, 0.29) is 18.4 Å². The summed E-state index contributed by atoms with van der Waals surface area (Å²) in [6.45, 7) is 4.00. The number of benzene rings is 1. The summed E-state index contributed by atoms with van der Waals surface area (Å²) in [4.78, 5) is 2.33. The summed E-state index contributed by atoms with van der Waals surface area (Å²) in [6.07, 6.45) is -1.98. The molecule has 0 spiro atoms. The van der Waals surface area contributed by atoms with Crippen molar-refractivity contribution in [1.29, 1.82) is 0 Å². The van der Waals surface area contributed by atoms with Crippen molar-refractivity contribution in [2.24, 2.45) is 0 Å². The third-order valence-corrected chi connectivity index (χ3v) is 4.13. The minimum atomic E-state index is -4.26. The van der Waals surface area contributed by atoms with Gasteiger partial charge in [-0.3, -0.25) is 4.90 Å². The number of nitrogens with zero attached hydrogens (tertiary/aromatic N) is 1. The molecule has 1 heterocycles. The van der Waals surface area contributed by atoms with E-state index in [0.717, 1.165) is 31.5 Å². The monoisotopic (exact) mass is 322 g/mol. The standard InChI is InChI=1S/C15H21F3N2.ClH/c1-11(20-9-3-4-14(10-20)19-2)12-5-7-13(8-6-12)15(16,17)18;/h5-8,11,14,19H,3-4,9-10H2,1-2H3;1H. The molecule has 0 amide bonds. The number of likely N-dealkylation sites (N-methyl/N-ethyl adjacent to an activating group) is 1. The molecule has 0 bridgehead atoms. The van der Waals surface area contributed by atoms with Crippen LogP contribution in [0.25, 0.3) is 0 Å². The number of halogens is 4. The zero-order chi connectivity index (χ0) is 14.8. The molecule has 120 valence electrons. The summed E-state index contributed by atoms with van der Waals surface area (Å²) in [5, 5.41) is 3.28. The molecule has 0 aliphatic carbocycles. The molecule has 0 aromatic heterocycles. The van der Waals surface area contributed by atoms with E-state index in [0.29, 0.717) is 6.04 Å². The predicted octanol–water partition coefficient (Wildman–Crippen LogP) is 3.87. The number of rotatable bonds is 3. The van der Waals surface area contributed by atoms with Crippen molar-refractivity contribution in [3.63, 3.8) is 0 Å². The van der Waals surface area contributed by atoms with E-state index in [1.54, 1.807) is 12.1 Å². The smallest absolute Gasteiger partial charge is 0.316 e. The maximum absolute atomic E-state index is 12.6. The molecule has 21 heavy (non-hydrogen) atoms. The lowest BCUT2D eigenvalue weighted by Gasteiger charge is -2.37. The summed E-state index contributed by atoms with van der Waals surface area (Å²) in [5.74, 6) is 0. The minimum absolute atomic E-state index is 0. The van der Waals surface area contributed by atoms with Crippen LogP contribution in [0.1, 0.15) is 36.9 Å². The first-order valence-electron chi connectivity index (χ1n) is 7.00. The molecule has 1 aromatic carbocycles. The third kappa shape index (κ3) is 4.59. The van der Waals surface area contributed by atoms with Gasteiger partial charge in [0.05, 0.1) is 5.56 Å². The van der Waals surface area contributed by atoms with E-state index in [1.165, 1.54) is 12.1 Å². The first-order chi connectivity index (χ1) is 9.41. The molecule has 0 saturated carbocycles. The third-order valence-electron chi connectivity index (χ3n) is 4.13. The maximum Gasteiger partial charge on any atom is 0.416 e. The molecule has 1 saturated heterocycles. The number of hydrogen-bond donors (Lipinski definition) is 1. The molecule has 1 aromatic rings. The van der Waals surface area contributed by atoms with E-state index in [4.69, 9.17) is 0 Å². The number of hydrogen-bond acceptors (Lipinski definition) is 2. The van der Waals surface area contributed by atoms with Crippen molar-refractivity contribution in [2.45, 2.75) is 38.0 Å². The van der Waals surface area contributed by atoms with Crippen molar-refractivity contribution in [2.75, 3.05) is 20.1 Å². The predicted molar refractivity (Wildman–Crippen MR) is 80.8 cm³/mol. The summed E-state index contributed by atoms with van der Waals surface area (Å²) >= 11 is 0. The van der Waals surface area contributed by atoms with Crippen LogP contribution in [-0.4, -0.2) is 31.1 Å². The van der Waals surface area contributed by atoms with Crippen LogP contribution >= 0.6 is 12.4 Å². The van der Waals surface area contributed by atoms with Gasteiger partial charge < -0.3 is 5.32 Å². The summed E-state index contributed by atoms with van der Waals surface area (Å²) in [7, 11) is 1.96. The highest BCUT2D eigenvalue weighted by molar-refractivity contribution is 5.85. The van der Waals surface area contributed by atoms with E-state index >= 15 is 0 Å². The largest absolute Gasteiger partial charge is 0.416 e. The fourth-order valence-corrected chi connectivity index (χ4v) is 2.76. The zero-order valence-electron chi connectivity index (χ0n) is 12.3. The average Bonchev–Trinajstić information content (AvgIpc) is 2.46. The molecule has 2 unspecified atom stereocenters. The van der Waals surface area contributed by atoms with Gasteiger partial charge >= 0.3 is 6.18 Å². The second-order valence-electron chi connectivity index (χ2n) is 5.42. The Kier molecular flexibility index (Phi) is 6.50. The highest BCUT2D eigenvalue weighted by Gasteiger charge is 2.30. The lowest BCUT2D eigenvalue weighted by molar-refractivity contribution is -0.137. The highest BCUT2D eigenvalue weighted by atomic mass is 35.5. The maximum atomic E-state index is 12.6. The van der Waals surface area contributed by atoms with Gasteiger partial charge in [-0.05, 0) is 51.1 Å². The Labute approximate surface area is 130 Å². The molecular formula is C15H22ClF3N2. The van der Waals surface area contributed by atoms with E-state index in [1.807, 2.05) is 7.05 Å². The van der Waals surface area contributed by atoms with Gasteiger partial charge in [-0.1, -0.05) is 12.1 Å². The van der Waals surface area contributed by atoms with Crippen LogP contribution < -0.4 is 5.32 Å². The van der Waals surface area contributed by atoms with Gasteiger partial charge in [0.25, 0.3) is 0 Å². The van der Waals surface area contributed by atoms with Gasteiger partial charge in [-0.25, -0.2) is 0 Å². The van der Waals surface area contributed by atoms with Gasteiger partial charge in [-0.2, -0.15) is 13.2 Å².